The Hall–Kier alpha value is -2.45. The molecule has 0 radical (unpaired) electrons. The Morgan fingerprint density at radius 2 is 1.85 bits per heavy atom. The van der Waals surface area contributed by atoms with Crippen LogP contribution in [0.4, 0.5) is 0 Å². The Balaban J connectivity index is 2.12. The van der Waals surface area contributed by atoms with Gasteiger partial charge in [0.2, 0.25) is 15.9 Å². The van der Waals surface area contributed by atoms with E-state index in [1.807, 2.05) is 13.0 Å². The average molecular weight is 391 g/mol. The van der Waals surface area contributed by atoms with E-state index in [0.717, 1.165) is 5.56 Å². The van der Waals surface area contributed by atoms with Gasteiger partial charge in [-0.05, 0) is 44.0 Å². The van der Waals surface area contributed by atoms with E-state index in [9.17, 15) is 13.2 Å². The number of sulfonamides is 1. The first kappa shape index (κ1) is 20.9. The zero-order valence-corrected chi connectivity index (χ0v) is 16.5. The number of nitrogens with zero attached hydrogens (tertiary/aromatic N) is 1. The number of ether oxygens (including phenoxy) is 1. The zero-order chi connectivity index (χ0) is 19.9. The summed E-state index contributed by atoms with van der Waals surface area (Å²) in [5.41, 5.74) is 1.72. The molecule has 0 unspecified atom stereocenters. The number of pyridine rings is 1. The number of nitrogens with one attached hydrogen (secondary N) is 2. The molecule has 2 N–H and O–H groups in total. The highest BCUT2D eigenvalue weighted by Gasteiger charge is 2.17. The van der Waals surface area contributed by atoms with Crippen LogP contribution in [0.2, 0.25) is 0 Å². The van der Waals surface area contributed by atoms with Gasteiger partial charge in [0.05, 0.1) is 12.4 Å². The van der Waals surface area contributed by atoms with E-state index in [1.165, 1.54) is 0 Å². The summed E-state index contributed by atoms with van der Waals surface area (Å²) in [4.78, 5) is 16.6. The number of carbonyl (C=O) groups is 1. The van der Waals surface area contributed by atoms with Gasteiger partial charge in [-0.2, -0.15) is 0 Å². The summed E-state index contributed by atoms with van der Waals surface area (Å²) in [6.07, 6.45) is 1.56. The molecule has 0 bridgehead atoms. The average Bonchev–Trinajstić information content (AvgIpc) is 2.60. The maximum atomic E-state index is 12.5. The molecular formula is C19H25N3O4S. The van der Waals surface area contributed by atoms with Crippen molar-refractivity contribution in [3.8, 4) is 5.88 Å². The van der Waals surface area contributed by atoms with Crippen LogP contribution in [-0.2, 0) is 22.3 Å². The summed E-state index contributed by atoms with van der Waals surface area (Å²) in [6.45, 7) is 5.97. The molecule has 1 heterocycles. The number of amides is 1. The molecule has 0 atom stereocenters. The van der Waals surface area contributed by atoms with Gasteiger partial charge in [-0.15, -0.1) is 0 Å². The minimum Gasteiger partial charge on any atom is -0.477 e. The topological polar surface area (TPSA) is 97.4 Å². The molecule has 0 saturated carbocycles. The minimum absolute atomic E-state index is 0.145. The predicted molar refractivity (Wildman–Crippen MR) is 104 cm³/mol. The first-order chi connectivity index (χ1) is 12.8. The van der Waals surface area contributed by atoms with Crippen LogP contribution in [0.15, 0.2) is 42.6 Å². The lowest BCUT2D eigenvalue weighted by molar-refractivity contribution is 0.0946. The smallest absolute Gasteiger partial charge is 0.257 e. The van der Waals surface area contributed by atoms with Crippen LogP contribution in [0.5, 0.6) is 5.88 Å². The SMILES string of the molecule is CCOc1ncccc1C(=O)NCc1ccccc1CS(=O)(=O)NC(C)C. The number of rotatable bonds is 9. The predicted octanol–water partition coefficient (Wildman–Crippen LogP) is 2.24. The van der Waals surface area contributed by atoms with Crippen molar-refractivity contribution in [2.45, 2.75) is 39.1 Å². The normalized spacial score (nSPS) is 11.4. The van der Waals surface area contributed by atoms with Crippen molar-refractivity contribution < 1.29 is 17.9 Å². The Bertz CT molecular complexity index is 882. The molecule has 7 nitrogen and oxygen atoms in total. The van der Waals surface area contributed by atoms with Crippen LogP contribution < -0.4 is 14.8 Å². The van der Waals surface area contributed by atoms with Gasteiger partial charge >= 0.3 is 0 Å². The standard InChI is InChI=1S/C19H25N3O4S/c1-4-26-19-17(10-7-11-20-19)18(23)21-12-15-8-5-6-9-16(15)13-27(24,25)22-14(2)3/h5-11,14,22H,4,12-13H2,1-3H3,(H,21,23). The molecule has 0 fully saturated rings. The Kier molecular flexibility index (Phi) is 7.32. The van der Waals surface area contributed by atoms with E-state index in [0.29, 0.717) is 17.7 Å². The molecule has 0 saturated heterocycles. The van der Waals surface area contributed by atoms with E-state index in [4.69, 9.17) is 4.74 Å². The van der Waals surface area contributed by atoms with Gasteiger partial charge in [0.15, 0.2) is 0 Å². The van der Waals surface area contributed by atoms with Gasteiger partial charge in [-0.25, -0.2) is 18.1 Å². The number of benzene rings is 1. The molecule has 0 aliphatic heterocycles. The Morgan fingerprint density at radius 3 is 2.52 bits per heavy atom. The quantitative estimate of drug-likeness (QED) is 0.683. The minimum atomic E-state index is -3.45. The Labute approximate surface area is 160 Å². The van der Waals surface area contributed by atoms with Gasteiger partial charge in [-0.1, -0.05) is 24.3 Å². The summed E-state index contributed by atoms with van der Waals surface area (Å²) < 4.78 is 32.4. The van der Waals surface area contributed by atoms with Crippen LogP contribution in [0.3, 0.4) is 0 Å². The van der Waals surface area contributed by atoms with E-state index in [-0.39, 0.29) is 30.1 Å². The van der Waals surface area contributed by atoms with E-state index >= 15 is 0 Å². The van der Waals surface area contributed by atoms with E-state index < -0.39 is 10.0 Å². The van der Waals surface area contributed by atoms with Crippen molar-refractivity contribution in [1.29, 1.82) is 0 Å². The lowest BCUT2D eigenvalue weighted by Crippen LogP contribution is -2.32. The number of carbonyl (C=O) groups excluding carboxylic acids is 1. The largest absolute Gasteiger partial charge is 0.477 e. The second-order valence-corrected chi connectivity index (χ2v) is 8.03. The van der Waals surface area contributed by atoms with Crippen LogP contribution in [-0.4, -0.2) is 32.0 Å². The molecule has 0 aliphatic rings. The number of hydrogen-bond acceptors (Lipinski definition) is 5. The lowest BCUT2D eigenvalue weighted by Gasteiger charge is -2.14. The second kappa shape index (κ2) is 9.48. The fourth-order valence-electron chi connectivity index (χ4n) is 2.56. The molecule has 1 aromatic heterocycles. The van der Waals surface area contributed by atoms with Gasteiger partial charge < -0.3 is 10.1 Å². The van der Waals surface area contributed by atoms with Gasteiger partial charge in [0, 0.05) is 18.8 Å². The zero-order valence-electron chi connectivity index (χ0n) is 15.7. The molecule has 2 rings (SSSR count). The van der Waals surface area contributed by atoms with Crippen molar-refractivity contribution in [3.63, 3.8) is 0 Å². The maximum absolute atomic E-state index is 12.5. The fraction of sp³-hybridized carbons (Fsp3) is 0.368. The molecule has 0 spiro atoms. The van der Waals surface area contributed by atoms with Crippen molar-refractivity contribution in [3.05, 3.63) is 59.3 Å². The third-order valence-corrected chi connectivity index (χ3v) is 5.14. The summed E-state index contributed by atoms with van der Waals surface area (Å²) in [5.74, 6) is -0.201. The summed E-state index contributed by atoms with van der Waals surface area (Å²) in [5, 5.41) is 2.81. The molecule has 8 heteroatoms. The number of hydrogen-bond donors (Lipinski definition) is 2. The molecule has 2 aromatic rings. The number of aromatic nitrogens is 1. The summed E-state index contributed by atoms with van der Waals surface area (Å²) in [6, 6.07) is 10.3. The third kappa shape index (κ3) is 6.33. The fourth-order valence-corrected chi connectivity index (χ4v) is 4.05. The van der Waals surface area contributed by atoms with E-state index in [1.54, 1.807) is 50.4 Å². The summed E-state index contributed by atoms with van der Waals surface area (Å²) >= 11 is 0. The second-order valence-electron chi connectivity index (χ2n) is 6.27. The molecule has 146 valence electrons. The molecule has 0 aliphatic carbocycles. The van der Waals surface area contributed by atoms with Crippen LogP contribution in [0, 0.1) is 0 Å². The highest BCUT2D eigenvalue weighted by molar-refractivity contribution is 7.88. The van der Waals surface area contributed by atoms with Crippen molar-refractivity contribution >= 4 is 15.9 Å². The monoisotopic (exact) mass is 391 g/mol. The van der Waals surface area contributed by atoms with Gasteiger partial charge in [0.25, 0.3) is 5.91 Å². The van der Waals surface area contributed by atoms with Crippen molar-refractivity contribution in [2.75, 3.05) is 6.61 Å². The van der Waals surface area contributed by atoms with Gasteiger partial charge in [-0.3, -0.25) is 4.79 Å². The Morgan fingerprint density at radius 1 is 1.15 bits per heavy atom. The molecule has 1 amide bonds. The van der Waals surface area contributed by atoms with Crippen LogP contribution in [0.1, 0.15) is 42.3 Å². The highest BCUT2D eigenvalue weighted by Crippen LogP contribution is 2.16. The maximum Gasteiger partial charge on any atom is 0.257 e. The summed E-state index contributed by atoms with van der Waals surface area (Å²) in [7, 11) is -3.45. The highest BCUT2D eigenvalue weighted by atomic mass is 32.2. The van der Waals surface area contributed by atoms with Crippen molar-refractivity contribution in [1.82, 2.24) is 15.0 Å². The van der Waals surface area contributed by atoms with Gasteiger partial charge in [0.1, 0.15) is 5.56 Å². The first-order valence-corrected chi connectivity index (χ1v) is 10.4. The van der Waals surface area contributed by atoms with Crippen molar-refractivity contribution in [2.24, 2.45) is 0 Å². The van der Waals surface area contributed by atoms with Crippen LogP contribution >= 0.6 is 0 Å². The van der Waals surface area contributed by atoms with Crippen LogP contribution in [0.25, 0.3) is 0 Å². The van der Waals surface area contributed by atoms with E-state index in [2.05, 4.69) is 15.0 Å². The third-order valence-electron chi connectivity index (χ3n) is 3.62. The molecule has 1 aromatic carbocycles. The molecule has 27 heavy (non-hydrogen) atoms. The molecular weight excluding hydrogens is 366 g/mol. The first-order valence-electron chi connectivity index (χ1n) is 8.75. The lowest BCUT2D eigenvalue weighted by atomic mass is 10.1.